The Balaban J connectivity index is 2.08. The molecule has 4 nitrogen and oxygen atoms in total. The van der Waals surface area contributed by atoms with Crippen molar-refractivity contribution >= 4 is 45.5 Å². The van der Waals surface area contributed by atoms with Crippen LogP contribution in [0, 0.1) is 3.57 Å². The van der Waals surface area contributed by atoms with Crippen molar-refractivity contribution in [2.75, 3.05) is 0 Å². The van der Waals surface area contributed by atoms with Gasteiger partial charge in [-0.25, -0.2) is 4.79 Å². The maximum Gasteiger partial charge on any atom is 0.348 e. The van der Waals surface area contributed by atoms with Gasteiger partial charge in [0.1, 0.15) is 16.9 Å². The van der Waals surface area contributed by atoms with Gasteiger partial charge in [-0.3, -0.25) is 4.99 Å². The highest BCUT2D eigenvalue weighted by Gasteiger charge is 2.11. The Morgan fingerprint density at radius 3 is 2.57 bits per heavy atom. The van der Waals surface area contributed by atoms with Crippen molar-refractivity contribution in [1.29, 1.82) is 0 Å². The molecule has 0 saturated carbocycles. The van der Waals surface area contributed by atoms with Gasteiger partial charge in [0.2, 0.25) is 0 Å². The van der Waals surface area contributed by atoms with Crippen molar-refractivity contribution in [3.8, 4) is 5.75 Å². The van der Waals surface area contributed by atoms with E-state index in [1.54, 1.807) is 24.3 Å². The van der Waals surface area contributed by atoms with E-state index in [9.17, 15) is 9.90 Å². The van der Waals surface area contributed by atoms with Gasteiger partial charge in [-0.15, -0.1) is 0 Å². The molecule has 0 spiro atoms. The van der Waals surface area contributed by atoms with Gasteiger partial charge in [-0.2, -0.15) is 0 Å². The fourth-order valence-corrected chi connectivity index (χ4v) is 2.29. The average molecular weight is 391 g/mol. The Morgan fingerprint density at radius 2 is 1.81 bits per heavy atom. The Hall–Kier alpha value is -2.15. The van der Waals surface area contributed by atoms with Crippen molar-refractivity contribution in [3.63, 3.8) is 0 Å². The lowest BCUT2D eigenvalue weighted by Gasteiger charge is -2.02. The minimum atomic E-state index is -0.611. The highest BCUT2D eigenvalue weighted by molar-refractivity contribution is 14.1. The Bertz CT molecular complexity index is 882. The van der Waals surface area contributed by atoms with Crippen LogP contribution in [0.2, 0.25) is 0 Å². The van der Waals surface area contributed by atoms with Crippen molar-refractivity contribution in [3.05, 3.63) is 68.1 Å². The molecule has 0 bridgehead atoms. The quantitative estimate of drug-likeness (QED) is 0.410. The minimum absolute atomic E-state index is 0.0484. The first-order valence-electron chi connectivity index (χ1n) is 6.19. The number of nitrogens with zero attached hydrogens (tertiary/aromatic N) is 1. The minimum Gasteiger partial charge on any atom is -0.506 e. The Kier molecular flexibility index (Phi) is 3.74. The molecule has 1 heterocycles. The van der Waals surface area contributed by atoms with Gasteiger partial charge < -0.3 is 9.52 Å². The zero-order chi connectivity index (χ0) is 14.8. The normalized spacial score (nSPS) is 11.3. The van der Waals surface area contributed by atoms with Gasteiger partial charge >= 0.3 is 5.63 Å². The van der Waals surface area contributed by atoms with Crippen LogP contribution < -0.4 is 5.63 Å². The van der Waals surface area contributed by atoms with E-state index in [0.29, 0.717) is 16.7 Å². The second-order valence-electron chi connectivity index (χ2n) is 4.38. The number of halogens is 1. The van der Waals surface area contributed by atoms with Crippen LogP contribution in [0.3, 0.4) is 0 Å². The first-order valence-corrected chi connectivity index (χ1v) is 7.27. The lowest BCUT2D eigenvalue weighted by molar-refractivity contribution is 0.466. The van der Waals surface area contributed by atoms with E-state index in [1.807, 2.05) is 24.3 Å². The van der Waals surface area contributed by atoms with Gasteiger partial charge in [0.15, 0.2) is 0 Å². The third-order valence-electron chi connectivity index (χ3n) is 2.99. The van der Waals surface area contributed by atoms with E-state index in [2.05, 4.69) is 27.6 Å². The molecule has 0 amide bonds. The first kappa shape index (κ1) is 13.8. The summed E-state index contributed by atoms with van der Waals surface area (Å²) in [6.45, 7) is 0. The molecule has 0 aliphatic carbocycles. The number of hydrogen-bond acceptors (Lipinski definition) is 4. The first-order chi connectivity index (χ1) is 10.1. The Labute approximate surface area is 133 Å². The maximum absolute atomic E-state index is 11.9. The van der Waals surface area contributed by atoms with E-state index >= 15 is 0 Å². The van der Waals surface area contributed by atoms with Gasteiger partial charge in [0, 0.05) is 9.78 Å². The summed E-state index contributed by atoms with van der Waals surface area (Å²) in [6, 6.07) is 14.3. The predicted octanol–water partition coefficient (Wildman–Crippen LogP) is 3.85. The highest BCUT2D eigenvalue weighted by Crippen LogP contribution is 2.25. The monoisotopic (exact) mass is 391 g/mol. The van der Waals surface area contributed by atoms with Crippen LogP contribution in [-0.4, -0.2) is 11.3 Å². The number of fused-ring (bicyclic) bond motifs is 1. The van der Waals surface area contributed by atoms with Crippen molar-refractivity contribution < 1.29 is 9.52 Å². The molecule has 0 aliphatic heterocycles. The lowest BCUT2D eigenvalue weighted by atomic mass is 10.1. The molecule has 3 aromatic rings. The molecule has 0 aliphatic rings. The van der Waals surface area contributed by atoms with E-state index in [1.165, 1.54) is 6.21 Å². The average Bonchev–Trinajstić information content (AvgIpc) is 2.49. The summed E-state index contributed by atoms with van der Waals surface area (Å²) >= 11 is 2.20. The lowest BCUT2D eigenvalue weighted by Crippen LogP contribution is -2.06. The van der Waals surface area contributed by atoms with E-state index in [-0.39, 0.29) is 11.3 Å². The molecule has 1 aromatic heterocycles. The van der Waals surface area contributed by atoms with Gasteiger partial charge in [-0.05, 0) is 59.0 Å². The number of aromatic hydroxyl groups is 1. The highest BCUT2D eigenvalue weighted by atomic mass is 127. The number of hydrogen-bond donors (Lipinski definition) is 1. The third kappa shape index (κ3) is 2.82. The predicted molar refractivity (Wildman–Crippen MR) is 90.6 cm³/mol. The van der Waals surface area contributed by atoms with Crippen LogP contribution in [0.4, 0.5) is 5.69 Å². The molecule has 104 valence electrons. The number of para-hydroxylation sites is 1. The van der Waals surface area contributed by atoms with Crippen LogP contribution in [0.15, 0.2) is 62.7 Å². The summed E-state index contributed by atoms with van der Waals surface area (Å²) in [5.74, 6) is -0.115. The van der Waals surface area contributed by atoms with Crippen LogP contribution in [0.5, 0.6) is 5.75 Å². The molecule has 1 N–H and O–H groups in total. The number of rotatable bonds is 2. The number of benzene rings is 2. The number of aliphatic imine (C=N–C) groups is 1. The summed E-state index contributed by atoms with van der Waals surface area (Å²) in [4.78, 5) is 16.1. The molecule has 0 fully saturated rings. The van der Waals surface area contributed by atoms with Crippen LogP contribution >= 0.6 is 22.6 Å². The molecule has 0 saturated heterocycles. The molecular formula is C16H10INO3. The van der Waals surface area contributed by atoms with Gasteiger partial charge in [0.25, 0.3) is 0 Å². The van der Waals surface area contributed by atoms with Crippen molar-refractivity contribution in [1.82, 2.24) is 0 Å². The Morgan fingerprint density at radius 1 is 1.10 bits per heavy atom. The fourth-order valence-electron chi connectivity index (χ4n) is 1.93. The van der Waals surface area contributed by atoms with Gasteiger partial charge in [0.05, 0.1) is 11.1 Å². The zero-order valence-corrected chi connectivity index (χ0v) is 12.9. The SMILES string of the molecule is O=c1oc2ccccc2c(O)c1C=Nc1ccc(I)cc1. The van der Waals surface area contributed by atoms with Crippen LogP contribution in [-0.2, 0) is 0 Å². The largest absolute Gasteiger partial charge is 0.506 e. The molecule has 0 radical (unpaired) electrons. The second kappa shape index (κ2) is 5.69. The summed E-state index contributed by atoms with van der Waals surface area (Å²) < 4.78 is 6.27. The second-order valence-corrected chi connectivity index (χ2v) is 5.63. The summed E-state index contributed by atoms with van der Waals surface area (Å²) in [5.41, 5.74) is 0.488. The van der Waals surface area contributed by atoms with E-state index in [4.69, 9.17) is 4.42 Å². The van der Waals surface area contributed by atoms with Crippen molar-refractivity contribution in [2.24, 2.45) is 4.99 Å². The topological polar surface area (TPSA) is 62.8 Å². The van der Waals surface area contributed by atoms with Crippen LogP contribution in [0.1, 0.15) is 5.56 Å². The summed E-state index contributed by atoms with van der Waals surface area (Å²) in [5, 5.41) is 10.7. The standard InChI is InChI=1S/C16H10INO3/c17-10-5-7-11(8-6-10)18-9-13-15(19)12-3-1-2-4-14(12)21-16(13)20/h1-9,19H. The smallest absolute Gasteiger partial charge is 0.348 e. The fraction of sp³-hybridized carbons (Fsp3) is 0. The van der Waals surface area contributed by atoms with Crippen LogP contribution in [0.25, 0.3) is 11.0 Å². The van der Waals surface area contributed by atoms with Gasteiger partial charge in [-0.1, -0.05) is 12.1 Å². The van der Waals surface area contributed by atoms with E-state index < -0.39 is 5.63 Å². The summed E-state index contributed by atoms with van der Waals surface area (Å²) in [6.07, 6.45) is 1.33. The molecular weight excluding hydrogens is 381 g/mol. The molecule has 21 heavy (non-hydrogen) atoms. The van der Waals surface area contributed by atoms with Crippen molar-refractivity contribution in [2.45, 2.75) is 0 Å². The molecule has 2 aromatic carbocycles. The zero-order valence-electron chi connectivity index (χ0n) is 10.8. The third-order valence-corrected chi connectivity index (χ3v) is 3.71. The van der Waals surface area contributed by atoms with E-state index in [0.717, 1.165) is 3.57 Å². The molecule has 0 atom stereocenters. The maximum atomic E-state index is 11.9. The summed E-state index contributed by atoms with van der Waals surface area (Å²) in [7, 11) is 0. The molecule has 5 heteroatoms. The molecule has 3 rings (SSSR count). The molecule has 0 unspecified atom stereocenters.